The molecule has 3 rings (SSSR count). The van der Waals surface area contributed by atoms with Gasteiger partial charge >= 0.3 is 0 Å². The SMILES string of the molecule is Cc1cc2nc(N)[nH]c(=O)c2c2ccc(Cl)cc12. The first kappa shape index (κ1) is 11.0. The molecule has 0 atom stereocenters. The van der Waals surface area contributed by atoms with E-state index in [0.717, 1.165) is 16.3 Å². The molecule has 4 nitrogen and oxygen atoms in total. The van der Waals surface area contributed by atoms with Crippen molar-refractivity contribution in [2.45, 2.75) is 6.92 Å². The third-order valence-electron chi connectivity index (χ3n) is 2.99. The number of aromatic amines is 1. The number of rotatable bonds is 0. The average molecular weight is 260 g/mol. The van der Waals surface area contributed by atoms with Gasteiger partial charge in [-0.2, -0.15) is 0 Å². The predicted molar refractivity (Wildman–Crippen MR) is 74.0 cm³/mol. The Hall–Kier alpha value is -2.07. The van der Waals surface area contributed by atoms with Crippen molar-refractivity contribution < 1.29 is 0 Å². The number of nitrogens with zero attached hydrogens (tertiary/aromatic N) is 1. The molecule has 0 saturated heterocycles. The highest BCUT2D eigenvalue weighted by Gasteiger charge is 2.09. The molecule has 0 saturated carbocycles. The Bertz CT molecular complexity index is 839. The Labute approximate surface area is 107 Å². The van der Waals surface area contributed by atoms with Crippen molar-refractivity contribution in [3.05, 3.63) is 45.2 Å². The largest absolute Gasteiger partial charge is 0.369 e. The summed E-state index contributed by atoms with van der Waals surface area (Å²) in [5.74, 6) is 0.125. The molecule has 0 spiro atoms. The van der Waals surface area contributed by atoms with Crippen molar-refractivity contribution in [2.75, 3.05) is 5.73 Å². The summed E-state index contributed by atoms with van der Waals surface area (Å²) in [7, 11) is 0. The molecule has 0 bridgehead atoms. The van der Waals surface area contributed by atoms with Crippen molar-refractivity contribution in [2.24, 2.45) is 0 Å². The lowest BCUT2D eigenvalue weighted by atomic mass is 10.0. The van der Waals surface area contributed by atoms with Crippen LogP contribution in [0.4, 0.5) is 5.95 Å². The van der Waals surface area contributed by atoms with Gasteiger partial charge in [-0.05, 0) is 41.5 Å². The third-order valence-corrected chi connectivity index (χ3v) is 3.23. The molecule has 0 aliphatic rings. The van der Waals surface area contributed by atoms with E-state index in [4.69, 9.17) is 17.3 Å². The van der Waals surface area contributed by atoms with E-state index in [9.17, 15) is 4.79 Å². The number of hydrogen-bond acceptors (Lipinski definition) is 3. The molecule has 3 N–H and O–H groups in total. The summed E-state index contributed by atoms with van der Waals surface area (Å²) in [6, 6.07) is 7.29. The molecule has 1 heterocycles. The van der Waals surface area contributed by atoms with Crippen molar-refractivity contribution >= 4 is 39.2 Å². The van der Waals surface area contributed by atoms with Crippen LogP contribution in [0, 0.1) is 6.92 Å². The van der Waals surface area contributed by atoms with Crippen LogP contribution in [-0.2, 0) is 0 Å². The van der Waals surface area contributed by atoms with E-state index in [2.05, 4.69) is 9.97 Å². The van der Waals surface area contributed by atoms with E-state index < -0.39 is 0 Å². The minimum Gasteiger partial charge on any atom is -0.369 e. The minimum atomic E-state index is -0.232. The number of nitrogens with two attached hydrogens (primary N) is 1. The topological polar surface area (TPSA) is 71.8 Å². The maximum absolute atomic E-state index is 12.0. The molecule has 18 heavy (non-hydrogen) atoms. The van der Waals surface area contributed by atoms with E-state index in [1.807, 2.05) is 25.1 Å². The summed E-state index contributed by atoms with van der Waals surface area (Å²) >= 11 is 5.99. The first-order valence-electron chi connectivity index (χ1n) is 5.44. The average Bonchev–Trinajstić information content (AvgIpc) is 2.29. The van der Waals surface area contributed by atoms with Crippen LogP contribution in [0.5, 0.6) is 0 Å². The van der Waals surface area contributed by atoms with Crippen LogP contribution in [0.25, 0.3) is 21.7 Å². The van der Waals surface area contributed by atoms with Crippen molar-refractivity contribution in [3.63, 3.8) is 0 Å². The van der Waals surface area contributed by atoms with Gasteiger partial charge in [-0.1, -0.05) is 17.7 Å². The smallest absolute Gasteiger partial charge is 0.260 e. The van der Waals surface area contributed by atoms with Crippen molar-refractivity contribution in [1.82, 2.24) is 9.97 Å². The van der Waals surface area contributed by atoms with Gasteiger partial charge in [0, 0.05) is 5.02 Å². The predicted octanol–water partition coefficient (Wildman–Crippen LogP) is 2.62. The van der Waals surface area contributed by atoms with Gasteiger partial charge in [0.2, 0.25) is 5.95 Å². The summed E-state index contributed by atoms with van der Waals surface area (Å²) in [6.07, 6.45) is 0. The molecule has 3 aromatic rings. The lowest BCUT2D eigenvalue weighted by molar-refractivity contribution is 1.19. The van der Waals surface area contributed by atoms with Crippen LogP contribution in [-0.4, -0.2) is 9.97 Å². The van der Waals surface area contributed by atoms with Crippen LogP contribution in [0.2, 0.25) is 5.02 Å². The highest BCUT2D eigenvalue weighted by Crippen LogP contribution is 2.27. The standard InChI is InChI=1S/C13H10ClN3O/c1-6-4-10-11(12(18)17-13(15)16-10)8-3-2-7(14)5-9(6)8/h2-5H,1H3,(H3,15,16,17,18). The molecule has 1 aromatic heterocycles. The monoisotopic (exact) mass is 259 g/mol. The molecule has 0 fully saturated rings. The third kappa shape index (κ3) is 1.54. The molecule has 2 aromatic carbocycles. The zero-order valence-corrected chi connectivity index (χ0v) is 10.4. The Morgan fingerprint density at radius 1 is 1.28 bits per heavy atom. The first-order valence-corrected chi connectivity index (χ1v) is 5.82. The summed E-state index contributed by atoms with van der Waals surface area (Å²) < 4.78 is 0. The zero-order chi connectivity index (χ0) is 12.9. The summed E-state index contributed by atoms with van der Waals surface area (Å²) in [5, 5.41) is 2.97. The van der Waals surface area contributed by atoms with Crippen molar-refractivity contribution in [3.8, 4) is 0 Å². The van der Waals surface area contributed by atoms with Crippen LogP contribution in [0.3, 0.4) is 0 Å². The lowest BCUT2D eigenvalue weighted by Gasteiger charge is -2.07. The first-order chi connectivity index (χ1) is 8.56. The number of halogens is 1. The van der Waals surface area contributed by atoms with Gasteiger partial charge in [-0.15, -0.1) is 0 Å². The number of fused-ring (bicyclic) bond motifs is 3. The molecular formula is C13H10ClN3O. The Morgan fingerprint density at radius 2 is 2.06 bits per heavy atom. The fraction of sp³-hybridized carbons (Fsp3) is 0.0769. The lowest BCUT2D eigenvalue weighted by Crippen LogP contribution is -2.11. The Balaban J connectivity index is 2.65. The van der Waals surface area contributed by atoms with Gasteiger partial charge in [0.05, 0.1) is 10.9 Å². The van der Waals surface area contributed by atoms with Gasteiger partial charge in [-0.3, -0.25) is 9.78 Å². The number of aryl methyl sites for hydroxylation is 1. The highest BCUT2D eigenvalue weighted by molar-refractivity contribution is 6.31. The fourth-order valence-electron chi connectivity index (χ4n) is 2.22. The van der Waals surface area contributed by atoms with E-state index in [1.54, 1.807) is 6.07 Å². The normalized spacial score (nSPS) is 11.2. The summed E-state index contributed by atoms with van der Waals surface area (Å²) in [6.45, 7) is 1.96. The summed E-state index contributed by atoms with van der Waals surface area (Å²) in [5.41, 5.74) is 6.94. The minimum absolute atomic E-state index is 0.125. The van der Waals surface area contributed by atoms with Gasteiger partial charge in [0.1, 0.15) is 0 Å². The second kappa shape index (κ2) is 3.71. The van der Waals surface area contributed by atoms with Crippen LogP contribution in [0.15, 0.2) is 29.1 Å². The second-order valence-corrected chi connectivity index (χ2v) is 4.67. The number of benzene rings is 2. The number of anilines is 1. The van der Waals surface area contributed by atoms with E-state index in [-0.39, 0.29) is 11.5 Å². The molecule has 90 valence electrons. The van der Waals surface area contributed by atoms with E-state index >= 15 is 0 Å². The number of aromatic nitrogens is 2. The quantitative estimate of drug-likeness (QED) is 0.610. The van der Waals surface area contributed by atoms with Crippen LogP contribution < -0.4 is 11.3 Å². The van der Waals surface area contributed by atoms with Gasteiger partial charge in [0.15, 0.2) is 0 Å². The molecule has 0 aliphatic carbocycles. The number of nitrogens with one attached hydrogen (secondary N) is 1. The van der Waals surface area contributed by atoms with Crippen molar-refractivity contribution in [1.29, 1.82) is 0 Å². The number of nitrogen functional groups attached to an aromatic ring is 1. The van der Waals surface area contributed by atoms with Crippen LogP contribution in [0.1, 0.15) is 5.56 Å². The maximum atomic E-state index is 12.0. The van der Waals surface area contributed by atoms with Gasteiger partial charge in [-0.25, -0.2) is 4.98 Å². The fourth-order valence-corrected chi connectivity index (χ4v) is 2.39. The number of H-pyrrole nitrogens is 1. The Kier molecular flexibility index (Phi) is 2.28. The summed E-state index contributed by atoms with van der Waals surface area (Å²) in [4.78, 5) is 18.7. The van der Waals surface area contributed by atoms with E-state index in [1.165, 1.54) is 0 Å². The molecule has 0 radical (unpaired) electrons. The molecule has 0 amide bonds. The molecule has 5 heteroatoms. The second-order valence-electron chi connectivity index (χ2n) is 4.23. The molecular weight excluding hydrogens is 250 g/mol. The van der Waals surface area contributed by atoms with Gasteiger partial charge < -0.3 is 5.73 Å². The van der Waals surface area contributed by atoms with Gasteiger partial charge in [0.25, 0.3) is 5.56 Å². The molecule has 0 unspecified atom stereocenters. The van der Waals surface area contributed by atoms with Crippen LogP contribution >= 0.6 is 11.6 Å². The maximum Gasteiger partial charge on any atom is 0.260 e. The Morgan fingerprint density at radius 3 is 2.83 bits per heavy atom. The van der Waals surface area contributed by atoms with E-state index in [0.29, 0.717) is 15.9 Å². The highest BCUT2D eigenvalue weighted by atomic mass is 35.5. The molecule has 0 aliphatic heterocycles. The number of hydrogen-bond donors (Lipinski definition) is 2. The zero-order valence-electron chi connectivity index (χ0n) is 9.62.